The van der Waals surface area contributed by atoms with E-state index < -0.39 is 0 Å². The van der Waals surface area contributed by atoms with Crippen LogP contribution in [-0.4, -0.2) is 5.71 Å². The minimum atomic E-state index is 0.560. The summed E-state index contributed by atoms with van der Waals surface area (Å²) in [6.45, 7) is 3.69. The van der Waals surface area contributed by atoms with Crippen molar-refractivity contribution in [2.75, 3.05) is 0 Å². The van der Waals surface area contributed by atoms with Crippen LogP contribution in [0.25, 0.3) is 0 Å². The van der Waals surface area contributed by atoms with Crippen LogP contribution in [0.1, 0.15) is 18.1 Å². The van der Waals surface area contributed by atoms with Gasteiger partial charge in [0.1, 0.15) is 0 Å². The maximum absolute atomic E-state index is 7.41. The quantitative estimate of drug-likeness (QED) is 0.622. The van der Waals surface area contributed by atoms with Crippen LogP contribution in [0, 0.1) is 12.3 Å². The van der Waals surface area contributed by atoms with E-state index in [0.29, 0.717) is 5.71 Å². The number of hydrogen-bond donors (Lipinski definition) is 1. The van der Waals surface area contributed by atoms with Gasteiger partial charge in [0, 0.05) is 10.7 Å². The fraction of sp³-hybridized carbons (Fsp3) is 0.222. The summed E-state index contributed by atoms with van der Waals surface area (Å²) in [6, 6.07) is 5.61. The first-order valence-corrected chi connectivity index (χ1v) is 3.81. The van der Waals surface area contributed by atoms with E-state index in [0.717, 1.165) is 16.1 Å². The molecule has 1 nitrogen and oxygen atoms in total. The molecule has 0 aliphatic carbocycles. The van der Waals surface area contributed by atoms with E-state index in [1.807, 2.05) is 25.1 Å². The Labute approximate surface area is 71.5 Å². The Morgan fingerprint density at radius 1 is 1.45 bits per heavy atom. The van der Waals surface area contributed by atoms with Crippen molar-refractivity contribution in [3.8, 4) is 0 Å². The minimum Gasteiger partial charge on any atom is -0.305 e. The van der Waals surface area contributed by atoms with Gasteiger partial charge in [-0.25, -0.2) is 0 Å². The van der Waals surface area contributed by atoms with Crippen LogP contribution in [0.3, 0.4) is 0 Å². The molecule has 1 aromatic carbocycles. The third kappa shape index (κ3) is 1.60. The van der Waals surface area contributed by atoms with E-state index in [4.69, 9.17) is 17.0 Å². The molecule has 0 bridgehead atoms. The molecule has 0 heterocycles. The first kappa shape index (κ1) is 8.28. The molecule has 1 N–H and O–H groups in total. The van der Waals surface area contributed by atoms with Gasteiger partial charge in [-0.15, -0.1) is 0 Å². The van der Waals surface area contributed by atoms with Gasteiger partial charge in [0.25, 0.3) is 0 Å². The van der Waals surface area contributed by atoms with E-state index in [-0.39, 0.29) is 0 Å². The molecular weight excluding hydrogens is 158 g/mol. The summed E-state index contributed by atoms with van der Waals surface area (Å²) in [6.07, 6.45) is 0. The Hall–Kier alpha value is -0.820. The van der Waals surface area contributed by atoms with Gasteiger partial charge in [-0.2, -0.15) is 0 Å². The van der Waals surface area contributed by atoms with Crippen molar-refractivity contribution in [3.05, 3.63) is 34.3 Å². The molecule has 0 aliphatic heterocycles. The molecule has 0 spiro atoms. The zero-order chi connectivity index (χ0) is 8.43. The van der Waals surface area contributed by atoms with Crippen LogP contribution >= 0.6 is 11.6 Å². The van der Waals surface area contributed by atoms with E-state index in [9.17, 15) is 0 Å². The summed E-state index contributed by atoms with van der Waals surface area (Å²) in [4.78, 5) is 0. The molecule has 1 aromatic rings. The highest BCUT2D eigenvalue weighted by atomic mass is 35.5. The van der Waals surface area contributed by atoms with Gasteiger partial charge in [0.15, 0.2) is 0 Å². The highest BCUT2D eigenvalue weighted by molar-refractivity contribution is 6.31. The normalized spacial score (nSPS) is 9.73. The number of benzene rings is 1. The molecule has 0 saturated carbocycles. The molecule has 0 saturated heterocycles. The first-order valence-electron chi connectivity index (χ1n) is 3.43. The number of rotatable bonds is 1. The van der Waals surface area contributed by atoms with Crippen molar-refractivity contribution in [2.24, 2.45) is 0 Å². The van der Waals surface area contributed by atoms with E-state index >= 15 is 0 Å². The van der Waals surface area contributed by atoms with E-state index in [1.54, 1.807) is 6.92 Å². The second-order valence-electron chi connectivity index (χ2n) is 2.54. The van der Waals surface area contributed by atoms with E-state index in [1.165, 1.54) is 0 Å². The van der Waals surface area contributed by atoms with Crippen molar-refractivity contribution in [2.45, 2.75) is 13.8 Å². The third-order valence-corrected chi connectivity index (χ3v) is 2.08. The molecular formula is C9H10ClN. The molecule has 0 unspecified atom stereocenters. The Balaban J connectivity index is 3.27. The Morgan fingerprint density at radius 2 is 2.09 bits per heavy atom. The highest BCUT2D eigenvalue weighted by Gasteiger charge is 2.01. The van der Waals surface area contributed by atoms with Crippen LogP contribution in [0.5, 0.6) is 0 Å². The van der Waals surface area contributed by atoms with Crippen molar-refractivity contribution in [3.63, 3.8) is 0 Å². The van der Waals surface area contributed by atoms with Crippen LogP contribution in [0.15, 0.2) is 18.2 Å². The lowest BCUT2D eigenvalue weighted by molar-refractivity contribution is 1.38. The maximum Gasteiger partial charge on any atom is 0.0441 e. The molecule has 0 atom stereocenters. The van der Waals surface area contributed by atoms with Crippen molar-refractivity contribution in [1.82, 2.24) is 0 Å². The number of hydrogen-bond acceptors (Lipinski definition) is 1. The number of nitrogens with one attached hydrogen (secondary N) is 1. The van der Waals surface area contributed by atoms with Gasteiger partial charge >= 0.3 is 0 Å². The predicted molar refractivity (Wildman–Crippen MR) is 48.7 cm³/mol. The fourth-order valence-corrected chi connectivity index (χ4v) is 1.19. The Morgan fingerprint density at radius 3 is 2.55 bits per heavy atom. The topological polar surface area (TPSA) is 23.9 Å². The fourth-order valence-electron chi connectivity index (χ4n) is 1.01. The largest absolute Gasteiger partial charge is 0.305 e. The van der Waals surface area contributed by atoms with E-state index in [2.05, 4.69) is 0 Å². The number of halogens is 1. The highest BCUT2D eigenvalue weighted by Crippen LogP contribution is 2.18. The lowest BCUT2D eigenvalue weighted by Crippen LogP contribution is -1.95. The lowest BCUT2D eigenvalue weighted by atomic mass is 10.1. The Bertz CT molecular complexity index is 292. The molecule has 0 aliphatic rings. The summed E-state index contributed by atoms with van der Waals surface area (Å²) in [7, 11) is 0. The van der Waals surface area contributed by atoms with Gasteiger partial charge in [-0.3, -0.25) is 0 Å². The summed E-state index contributed by atoms with van der Waals surface area (Å²) in [5.74, 6) is 0. The van der Waals surface area contributed by atoms with Gasteiger partial charge in [0.05, 0.1) is 0 Å². The zero-order valence-electron chi connectivity index (χ0n) is 6.61. The minimum absolute atomic E-state index is 0.560. The molecule has 0 fully saturated rings. The van der Waals surface area contributed by atoms with Crippen molar-refractivity contribution >= 4 is 17.3 Å². The summed E-state index contributed by atoms with van der Waals surface area (Å²) in [5.41, 5.74) is 2.48. The lowest BCUT2D eigenvalue weighted by Gasteiger charge is -2.03. The molecule has 2 heteroatoms. The van der Waals surface area contributed by atoms with Crippen molar-refractivity contribution < 1.29 is 0 Å². The van der Waals surface area contributed by atoms with Crippen LogP contribution in [0.4, 0.5) is 0 Å². The standard InChI is InChI=1S/C9H10ClN/c1-6-8(7(2)11)4-3-5-9(6)10/h3-5,11H,1-2H3. The molecule has 58 valence electrons. The molecule has 0 amide bonds. The second kappa shape index (κ2) is 3.05. The average Bonchev–Trinajstić information content (AvgIpc) is 1.94. The zero-order valence-corrected chi connectivity index (χ0v) is 7.37. The summed E-state index contributed by atoms with van der Waals surface area (Å²) < 4.78 is 0. The second-order valence-corrected chi connectivity index (χ2v) is 2.94. The third-order valence-electron chi connectivity index (χ3n) is 1.67. The summed E-state index contributed by atoms with van der Waals surface area (Å²) >= 11 is 5.86. The van der Waals surface area contributed by atoms with Gasteiger partial charge in [-0.1, -0.05) is 23.7 Å². The smallest absolute Gasteiger partial charge is 0.0441 e. The summed E-state index contributed by atoms with van der Waals surface area (Å²) in [5, 5.41) is 8.14. The molecule has 1 rings (SSSR count). The predicted octanol–water partition coefficient (Wildman–Crippen LogP) is 3.04. The van der Waals surface area contributed by atoms with Crippen LogP contribution in [-0.2, 0) is 0 Å². The van der Waals surface area contributed by atoms with Gasteiger partial charge in [0.2, 0.25) is 0 Å². The van der Waals surface area contributed by atoms with Crippen molar-refractivity contribution in [1.29, 1.82) is 5.41 Å². The molecule has 0 radical (unpaired) electrons. The van der Waals surface area contributed by atoms with Gasteiger partial charge in [-0.05, 0) is 31.0 Å². The molecule has 11 heavy (non-hydrogen) atoms. The first-order chi connectivity index (χ1) is 5.13. The maximum atomic E-state index is 7.41. The monoisotopic (exact) mass is 167 g/mol. The van der Waals surface area contributed by atoms with Gasteiger partial charge < -0.3 is 5.41 Å². The van der Waals surface area contributed by atoms with Crippen LogP contribution in [0.2, 0.25) is 5.02 Å². The Kier molecular flexibility index (Phi) is 2.30. The average molecular weight is 168 g/mol. The molecule has 0 aromatic heterocycles. The van der Waals surface area contributed by atoms with Crippen LogP contribution < -0.4 is 0 Å². The SMILES string of the molecule is CC(=N)c1cccc(Cl)c1C.